The first-order valence-corrected chi connectivity index (χ1v) is 9.07. The van der Waals surface area contributed by atoms with Crippen LogP contribution in [0.4, 0.5) is 5.69 Å². The Labute approximate surface area is 154 Å². The molecule has 0 bridgehead atoms. The predicted molar refractivity (Wildman–Crippen MR) is 99.5 cm³/mol. The Hall–Kier alpha value is -0.230. The monoisotopic (exact) mass is 495 g/mol. The van der Waals surface area contributed by atoms with Gasteiger partial charge in [0.2, 0.25) is 0 Å². The fraction of sp³-hybridized carbons (Fsp3) is 0.200. The van der Waals surface area contributed by atoms with Crippen LogP contribution in [-0.4, -0.2) is 6.61 Å². The molecule has 21 heavy (non-hydrogen) atoms. The zero-order valence-electron chi connectivity index (χ0n) is 11.2. The minimum Gasteiger partial charge on any atom is -0.492 e. The van der Waals surface area contributed by atoms with Crippen molar-refractivity contribution in [2.75, 3.05) is 11.9 Å². The van der Waals surface area contributed by atoms with Crippen LogP contribution in [0.1, 0.15) is 12.5 Å². The summed E-state index contributed by atoms with van der Waals surface area (Å²) in [7, 11) is 0. The van der Waals surface area contributed by atoms with Crippen LogP contribution in [0.25, 0.3) is 0 Å². The third-order valence-corrected chi connectivity index (χ3v) is 5.36. The third kappa shape index (κ3) is 4.38. The van der Waals surface area contributed by atoms with Crippen LogP contribution >= 0.6 is 59.4 Å². The lowest BCUT2D eigenvalue weighted by Crippen LogP contribution is -2.01. The average Bonchev–Trinajstić information content (AvgIpc) is 2.44. The van der Waals surface area contributed by atoms with E-state index in [-0.39, 0.29) is 0 Å². The number of halogens is 4. The Morgan fingerprint density at radius 1 is 1.14 bits per heavy atom. The Bertz CT molecular complexity index is 626. The highest BCUT2D eigenvalue weighted by molar-refractivity contribution is 9.11. The van der Waals surface area contributed by atoms with Crippen LogP contribution in [0.3, 0.4) is 0 Å². The highest BCUT2D eigenvalue weighted by Gasteiger charge is 2.09. The van der Waals surface area contributed by atoms with E-state index >= 15 is 0 Å². The number of nitrogens with one attached hydrogen (secondary N) is 1. The second-order valence-corrected chi connectivity index (χ2v) is 7.19. The van der Waals surface area contributed by atoms with Gasteiger partial charge in [-0.2, -0.15) is 0 Å². The van der Waals surface area contributed by atoms with Crippen molar-refractivity contribution in [2.24, 2.45) is 0 Å². The lowest BCUT2D eigenvalue weighted by molar-refractivity contribution is 0.336. The highest BCUT2D eigenvalue weighted by Crippen LogP contribution is 2.35. The summed E-state index contributed by atoms with van der Waals surface area (Å²) in [5.74, 6) is 0.824. The molecule has 2 nitrogen and oxygen atoms in total. The van der Waals surface area contributed by atoms with E-state index < -0.39 is 0 Å². The largest absolute Gasteiger partial charge is 0.492 e. The van der Waals surface area contributed by atoms with Crippen LogP contribution in [0.2, 0.25) is 5.02 Å². The minimum atomic E-state index is 0.629. The Kier molecular flexibility index (Phi) is 6.41. The van der Waals surface area contributed by atoms with Crippen LogP contribution < -0.4 is 10.1 Å². The molecule has 0 heterocycles. The van der Waals surface area contributed by atoms with Gasteiger partial charge >= 0.3 is 0 Å². The molecule has 112 valence electrons. The standard InChI is InChI=1S/C15H13Br3ClNO/c1-2-21-15-10(16)6-9(7-11(15)17)8-20-13-5-3-4-12(19)14(13)18/h3-7,20H,2,8H2,1H3. The summed E-state index contributed by atoms with van der Waals surface area (Å²) in [4.78, 5) is 0. The third-order valence-electron chi connectivity index (χ3n) is 2.78. The molecule has 0 aliphatic carbocycles. The summed E-state index contributed by atoms with van der Waals surface area (Å²) in [6.45, 7) is 3.28. The van der Waals surface area contributed by atoms with E-state index in [0.717, 1.165) is 30.4 Å². The molecule has 0 radical (unpaired) electrons. The maximum absolute atomic E-state index is 6.08. The lowest BCUT2D eigenvalue weighted by Gasteiger charge is -2.13. The number of benzene rings is 2. The first-order chi connectivity index (χ1) is 10.0. The molecule has 1 N–H and O–H groups in total. The van der Waals surface area contributed by atoms with Gasteiger partial charge in [-0.05, 0) is 84.5 Å². The van der Waals surface area contributed by atoms with Crippen LogP contribution in [0.5, 0.6) is 5.75 Å². The van der Waals surface area contributed by atoms with Gasteiger partial charge in [0.15, 0.2) is 0 Å². The molecule has 0 unspecified atom stereocenters. The van der Waals surface area contributed by atoms with Gasteiger partial charge < -0.3 is 10.1 Å². The molecular weight excluding hydrogens is 485 g/mol. The van der Waals surface area contributed by atoms with Gasteiger partial charge in [-0.25, -0.2) is 0 Å². The van der Waals surface area contributed by atoms with Gasteiger partial charge in [-0.1, -0.05) is 17.7 Å². The molecule has 0 atom stereocenters. The molecule has 0 amide bonds. The van der Waals surface area contributed by atoms with E-state index in [4.69, 9.17) is 16.3 Å². The predicted octanol–water partition coefficient (Wildman–Crippen LogP) is 6.64. The van der Waals surface area contributed by atoms with Crippen molar-refractivity contribution in [2.45, 2.75) is 13.5 Å². The first-order valence-electron chi connectivity index (χ1n) is 6.31. The molecule has 0 saturated carbocycles. The molecule has 0 fully saturated rings. The van der Waals surface area contributed by atoms with E-state index in [2.05, 4.69) is 53.1 Å². The number of ether oxygens (including phenoxy) is 1. The number of hydrogen-bond donors (Lipinski definition) is 1. The Morgan fingerprint density at radius 2 is 1.81 bits per heavy atom. The molecule has 2 aromatic rings. The Balaban J connectivity index is 2.15. The number of rotatable bonds is 5. The fourth-order valence-corrected chi connectivity index (χ4v) is 3.92. The van der Waals surface area contributed by atoms with Crippen LogP contribution in [0, 0.1) is 0 Å². The van der Waals surface area contributed by atoms with E-state index in [1.165, 1.54) is 0 Å². The van der Waals surface area contributed by atoms with Gasteiger partial charge in [0.25, 0.3) is 0 Å². The Morgan fingerprint density at radius 3 is 2.43 bits per heavy atom. The zero-order chi connectivity index (χ0) is 15.4. The van der Waals surface area contributed by atoms with E-state index in [1.807, 2.05) is 37.3 Å². The van der Waals surface area contributed by atoms with Gasteiger partial charge in [0, 0.05) is 6.54 Å². The van der Waals surface area contributed by atoms with E-state index in [1.54, 1.807) is 0 Å². The number of hydrogen-bond acceptors (Lipinski definition) is 2. The summed E-state index contributed by atoms with van der Waals surface area (Å²) in [6.07, 6.45) is 0. The second kappa shape index (κ2) is 7.86. The zero-order valence-corrected chi connectivity index (χ0v) is 16.7. The summed E-state index contributed by atoms with van der Waals surface area (Å²) < 4.78 is 8.31. The quantitative estimate of drug-likeness (QED) is 0.499. The molecule has 2 rings (SSSR count). The summed E-state index contributed by atoms with van der Waals surface area (Å²) in [5, 5.41) is 4.05. The van der Waals surface area contributed by atoms with Gasteiger partial charge in [-0.3, -0.25) is 0 Å². The van der Waals surface area contributed by atoms with Crippen molar-refractivity contribution in [3.05, 3.63) is 54.3 Å². The van der Waals surface area contributed by atoms with Crippen molar-refractivity contribution < 1.29 is 4.74 Å². The molecule has 0 spiro atoms. The normalized spacial score (nSPS) is 10.5. The molecule has 6 heteroatoms. The second-order valence-electron chi connectivity index (χ2n) is 4.28. The first kappa shape index (κ1) is 17.1. The molecule has 0 aliphatic rings. The van der Waals surface area contributed by atoms with Crippen molar-refractivity contribution in [3.63, 3.8) is 0 Å². The summed E-state index contributed by atoms with van der Waals surface area (Å²) >= 11 is 16.6. The number of anilines is 1. The smallest absolute Gasteiger partial charge is 0.147 e. The maximum Gasteiger partial charge on any atom is 0.147 e. The van der Waals surface area contributed by atoms with Crippen molar-refractivity contribution in [1.29, 1.82) is 0 Å². The molecule has 0 aromatic heterocycles. The van der Waals surface area contributed by atoms with Crippen molar-refractivity contribution in [3.8, 4) is 5.75 Å². The average molecular weight is 498 g/mol. The van der Waals surface area contributed by atoms with E-state index in [9.17, 15) is 0 Å². The topological polar surface area (TPSA) is 21.3 Å². The van der Waals surface area contributed by atoms with Crippen molar-refractivity contribution in [1.82, 2.24) is 0 Å². The molecule has 2 aromatic carbocycles. The lowest BCUT2D eigenvalue weighted by atomic mass is 10.2. The minimum absolute atomic E-state index is 0.629. The van der Waals surface area contributed by atoms with Gasteiger partial charge in [-0.15, -0.1) is 0 Å². The molecule has 0 saturated heterocycles. The molecular formula is C15H13Br3ClNO. The SMILES string of the molecule is CCOc1c(Br)cc(CNc2cccc(Cl)c2Br)cc1Br. The maximum atomic E-state index is 6.08. The summed E-state index contributed by atoms with van der Waals surface area (Å²) in [6, 6.07) is 9.83. The van der Waals surface area contributed by atoms with Gasteiger partial charge in [0.05, 0.1) is 30.7 Å². The van der Waals surface area contributed by atoms with E-state index in [0.29, 0.717) is 18.2 Å². The highest BCUT2D eigenvalue weighted by atomic mass is 79.9. The molecule has 0 aliphatic heterocycles. The van der Waals surface area contributed by atoms with Crippen LogP contribution in [0.15, 0.2) is 43.7 Å². The summed E-state index contributed by atoms with van der Waals surface area (Å²) in [5.41, 5.74) is 2.09. The fourth-order valence-electron chi connectivity index (χ4n) is 1.83. The van der Waals surface area contributed by atoms with Gasteiger partial charge in [0.1, 0.15) is 5.75 Å². The van der Waals surface area contributed by atoms with Crippen molar-refractivity contribution >= 4 is 65.1 Å². The van der Waals surface area contributed by atoms with Crippen LogP contribution in [-0.2, 0) is 6.54 Å².